The smallest absolute Gasteiger partial charge is 0.191 e. The maximum Gasteiger partial charge on any atom is 0.191 e. The van der Waals surface area contributed by atoms with E-state index in [2.05, 4.69) is 57.4 Å². The molecule has 1 fully saturated rings. The summed E-state index contributed by atoms with van der Waals surface area (Å²) in [5, 5.41) is 15.6. The van der Waals surface area contributed by atoms with E-state index in [0.717, 1.165) is 73.9 Å². The molecule has 0 saturated heterocycles. The molecule has 168 valence electrons. The Labute approximate surface area is 185 Å². The molecular formula is C24H36N6O. The molecule has 1 aromatic heterocycles. The predicted molar refractivity (Wildman–Crippen MR) is 123 cm³/mol. The van der Waals surface area contributed by atoms with Gasteiger partial charge < -0.3 is 19.9 Å². The van der Waals surface area contributed by atoms with Crippen LogP contribution in [0.5, 0.6) is 5.75 Å². The van der Waals surface area contributed by atoms with Crippen molar-refractivity contribution in [2.45, 2.75) is 71.9 Å². The Kier molecular flexibility index (Phi) is 7.43. The van der Waals surface area contributed by atoms with Gasteiger partial charge in [-0.15, -0.1) is 10.2 Å². The number of guanidine groups is 1. The minimum Gasteiger partial charge on any atom is -0.493 e. The first-order valence-corrected chi connectivity index (χ1v) is 11.9. The van der Waals surface area contributed by atoms with Crippen molar-refractivity contribution in [3.05, 3.63) is 41.0 Å². The van der Waals surface area contributed by atoms with Crippen molar-refractivity contribution >= 4 is 5.96 Å². The summed E-state index contributed by atoms with van der Waals surface area (Å²) in [5.41, 5.74) is 2.35. The number of nitrogens with zero attached hydrogens (tertiary/aromatic N) is 4. The fourth-order valence-electron chi connectivity index (χ4n) is 3.95. The molecule has 1 aliphatic heterocycles. The first kappa shape index (κ1) is 21.7. The SMILES string of the molecule is CCNC(=NCc1ccc(C)cc1OCC1CC1)NCCc1nnc2n1CCCCC2. The number of ether oxygens (including phenoxy) is 1. The summed E-state index contributed by atoms with van der Waals surface area (Å²) < 4.78 is 8.41. The summed E-state index contributed by atoms with van der Waals surface area (Å²) in [5.74, 6) is 4.76. The van der Waals surface area contributed by atoms with Gasteiger partial charge in [0, 0.05) is 38.0 Å². The molecule has 1 saturated carbocycles. The first-order chi connectivity index (χ1) is 15.2. The maximum atomic E-state index is 6.10. The number of nitrogens with one attached hydrogen (secondary N) is 2. The van der Waals surface area contributed by atoms with Crippen LogP contribution in [-0.2, 0) is 25.9 Å². The second kappa shape index (κ2) is 10.6. The molecule has 2 aliphatic rings. The van der Waals surface area contributed by atoms with Crippen LogP contribution in [0, 0.1) is 12.8 Å². The van der Waals surface area contributed by atoms with Crippen LogP contribution in [-0.4, -0.2) is 40.4 Å². The van der Waals surface area contributed by atoms with Gasteiger partial charge in [-0.3, -0.25) is 0 Å². The van der Waals surface area contributed by atoms with Gasteiger partial charge in [0.1, 0.15) is 17.4 Å². The Bertz CT molecular complexity index is 886. The second-order valence-electron chi connectivity index (χ2n) is 8.73. The topological polar surface area (TPSA) is 76.4 Å². The molecule has 1 aromatic carbocycles. The number of aryl methyl sites for hydroxylation is 2. The molecule has 2 aromatic rings. The van der Waals surface area contributed by atoms with Gasteiger partial charge in [0.05, 0.1) is 13.2 Å². The van der Waals surface area contributed by atoms with Gasteiger partial charge in [-0.2, -0.15) is 0 Å². The van der Waals surface area contributed by atoms with Crippen molar-refractivity contribution in [1.82, 2.24) is 25.4 Å². The Hall–Kier alpha value is -2.57. The zero-order chi connectivity index (χ0) is 21.5. The summed E-state index contributed by atoms with van der Waals surface area (Å²) in [7, 11) is 0. The van der Waals surface area contributed by atoms with Crippen molar-refractivity contribution in [2.24, 2.45) is 10.9 Å². The molecule has 7 heteroatoms. The van der Waals surface area contributed by atoms with E-state index in [-0.39, 0.29) is 0 Å². The van der Waals surface area contributed by atoms with Crippen LogP contribution in [0.4, 0.5) is 0 Å². The van der Waals surface area contributed by atoms with Gasteiger partial charge in [0.15, 0.2) is 5.96 Å². The summed E-state index contributed by atoms with van der Waals surface area (Å²) in [6.07, 6.45) is 8.20. The van der Waals surface area contributed by atoms with Crippen LogP contribution in [0.15, 0.2) is 23.2 Å². The minimum absolute atomic E-state index is 0.593. The average Bonchev–Trinajstić information content (AvgIpc) is 3.56. The number of hydrogen-bond acceptors (Lipinski definition) is 4. The van der Waals surface area contributed by atoms with E-state index < -0.39 is 0 Å². The lowest BCUT2D eigenvalue weighted by atomic mass is 10.1. The van der Waals surface area contributed by atoms with Crippen molar-refractivity contribution < 1.29 is 4.74 Å². The van der Waals surface area contributed by atoms with Gasteiger partial charge in [0.2, 0.25) is 0 Å². The van der Waals surface area contributed by atoms with E-state index in [1.807, 2.05) is 0 Å². The Morgan fingerprint density at radius 3 is 2.94 bits per heavy atom. The van der Waals surface area contributed by atoms with Gasteiger partial charge in [-0.05, 0) is 57.1 Å². The zero-order valence-electron chi connectivity index (χ0n) is 19.0. The highest BCUT2D eigenvalue weighted by atomic mass is 16.5. The second-order valence-corrected chi connectivity index (χ2v) is 8.73. The van der Waals surface area contributed by atoms with Crippen LogP contribution in [0.3, 0.4) is 0 Å². The molecule has 1 aliphatic carbocycles. The van der Waals surface area contributed by atoms with Crippen LogP contribution in [0.1, 0.15) is 61.8 Å². The first-order valence-electron chi connectivity index (χ1n) is 11.9. The van der Waals surface area contributed by atoms with Gasteiger partial charge in [-0.25, -0.2) is 4.99 Å². The molecular weight excluding hydrogens is 388 g/mol. The fraction of sp³-hybridized carbons (Fsp3) is 0.625. The predicted octanol–water partition coefficient (Wildman–Crippen LogP) is 3.40. The largest absolute Gasteiger partial charge is 0.493 e. The number of rotatable bonds is 9. The summed E-state index contributed by atoms with van der Waals surface area (Å²) in [6, 6.07) is 6.40. The molecule has 0 atom stereocenters. The Morgan fingerprint density at radius 2 is 2.10 bits per heavy atom. The van der Waals surface area contributed by atoms with Crippen LogP contribution < -0.4 is 15.4 Å². The third-order valence-electron chi connectivity index (χ3n) is 5.97. The van der Waals surface area contributed by atoms with E-state index in [0.29, 0.717) is 6.54 Å². The highest BCUT2D eigenvalue weighted by Crippen LogP contribution is 2.31. The molecule has 2 heterocycles. The summed E-state index contributed by atoms with van der Waals surface area (Å²) in [4.78, 5) is 4.81. The molecule has 4 rings (SSSR count). The lowest BCUT2D eigenvalue weighted by Gasteiger charge is -2.14. The third kappa shape index (κ3) is 6.21. The van der Waals surface area contributed by atoms with E-state index in [1.165, 1.54) is 37.7 Å². The Balaban J connectivity index is 1.35. The quantitative estimate of drug-likeness (QED) is 0.477. The molecule has 7 nitrogen and oxygen atoms in total. The third-order valence-corrected chi connectivity index (χ3v) is 5.97. The van der Waals surface area contributed by atoms with Crippen LogP contribution in [0.2, 0.25) is 0 Å². The highest BCUT2D eigenvalue weighted by Gasteiger charge is 2.22. The minimum atomic E-state index is 0.593. The van der Waals surface area contributed by atoms with Crippen molar-refractivity contribution in [3.63, 3.8) is 0 Å². The number of benzene rings is 1. The van der Waals surface area contributed by atoms with Gasteiger partial charge in [-0.1, -0.05) is 18.6 Å². The van der Waals surface area contributed by atoms with E-state index in [1.54, 1.807) is 0 Å². The molecule has 0 radical (unpaired) electrons. The Morgan fingerprint density at radius 1 is 1.19 bits per heavy atom. The molecule has 31 heavy (non-hydrogen) atoms. The van der Waals surface area contributed by atoms with Crippen LogP contribution >= 0.6 is 0 Å². The summed E-state index contributed by atoms with van der Waals surface area (Å²) >= 11 is 0. The van der Waals surface area contributed by atoms with E-state index >= 15 is 0 Å². The molecule has 0 spiro atoms. The van der Waals surface area contributed by atoms with Gasteiger partial charge in [0.25, 0.3) is 0 Å². The molecule has 0 amide bonds. The number of fused-ring (bicyclic) bond motifs is 1. The standard InChI is InChI=1S/C24H36N6O/c1-3-25-24(26-13-12-23-29-28-22-7-5-4-6-14-30(22)23)27-16-20-11-8-18(2)15-21(20)31-17-19-9-10-19/h8,11,15,19H,3-7,9-10,12-14,16-17H2,1-2H3,(H2,25,26,27). The molecule has 0 bridgehead atoms. The monoisotopic (exact) mass is 424 g/mol. The normalized spacial score (nSPS) is 16.5. The van der Waals surface area contributed by atoms with Gasteiger partial charge >= 0.3 is 0 Å². The van der Waals surface area contributed by atoms with Crippen molar-refractivity contribution in [3.8, 4) is 5.75 Å². The van der Waals surface area contributed by atoms with Crippen LogP contribution in [0.25, 0.3) is 0 Å². The lowest BCUT2D eigenvalue weighted by Crippen LogP contribution is -2.38. The zero-order valence-corrected chi connectivity index (χ0v) is 19.0. The highest BCUT2D eigenvalue weighted by molar-refractivity contribution is 5.79. The number of aliphatic imine (C=N–C) groups is 1. The van der Waals surface area contributed by atoms with E-state index in [4.69, 9.17) is 9.73 Å². The molecule has 2 N–H and O–H groups in total. The fourth-order valence-corrected chi connectivity index (χ4v) is 3.95. The number of hydrogen-bond donors (Lipinski definition) is 2. The molecule has 0 unspecified atom stereocenters. The summed E-state index contributed by atoms with van der Waals surface area (Å²) in [6.45, 7) is 8.26. The maximum absolute atomic E-state index is 6.10. The van der Waals surface area contributed by atoms with Crippen molar-refractivity contribution in [1.29, 1.82) is 0 Å². The lowest BCUT2D eigenvalue weighted by molar-refractivity contribution is 0.296. The van der Waals surface area contributed by atoms with E-state index in [9.17, 15) is 0 Å². The average molecular weight is 425 g/mol. The van der Waals surface area contributed by atoms with Crippen molar-refractivity contribution in [2.75, 3.05) is 19.7 Å². The number of aromatic nitrogens is 3.